The van der Waals surface area contributed by atoms with Crippen LogP contribution in [0.25, 0.3) is 22.5 Å². The molecule has 0 bridgehead atoms. The SMILES string of the molecule is c1cc(-c2ccncc2)ccn1.c1ccc(-c2ncc[nH]2)cc1. The van der Waals surface area contributed by atoms with Gasteiger partial charge in [0, 0.05) is 42.7 Å². The number of hydrogen-bond acceptors (Lipinski definition) is 3. The van der Waals surface area contributed by atoms with Gasteiger partial charge < -0.3 is 4.98 Å². The number of imidazole rings is 1. The Hall–Kier alpha value is -3.27. The maximum atomic E-state index is 4.13. The van der Waals surface area contributed by atoms with Crippen LogP contribution in [0.15, 0.2) is 91.8 Å². The molecule has 3 aromatic heterocycles. The lowest BCUT2D eigenvalue weighted by atomic mass is 10.1. The molecule has 23 heavy (non-hydrogen) atoms. The molecule has 0 fully saturated rings. The van der Waals surface area contributed by atoms with Crippen LogP contribution in [0.4, 0.5) is 0 Å². The number of aromatic amines is 1. The second kappa shape index (κ2) is 7.66. The van der Waals surface area contributed by atoms with Crippen LogP contribution < -0.4 is 0 Å². The first-order valence-corrected chi connectivity index (χ1v) is 7.29. The van der Waals surface area contributed by atoms with Crippen molar-refractivity contribution in [2.24, 2.45) is 0 Å². The summed E-state index contributed by atoms with van der Waals surface area (Å²) in [6.45, 7) is 0. The number of pyridine rings is 2. The van der Waals surface area contributed by atoms with Gasteiger partial charge in [0.2, 0.25) is 0 Å². The highest BCUT2D eigenvalue weighted by Crippen LogP contribution is 2.15. The summed E-state index contributed by atoms with van der Waals surface area (Å²) in [7, 11) is 0. The predicted octanol–water partition coefficient (Wildman–Crippen LogP) is 4.22. The summed E-state index contributed by atoms with van der Waals surface area (Å²) in [6.07, 6.45) is 10.7. The molecule has 4 heteroatoms. The molecule has 0 aliphatic rings. The Morgan fingerprint density at radius 2 is 1.13 bits per heavy atom. The van der Waals surface area contributed by atoms with E-state index in [1.165, 1.54) is 11.1 Å². The summed E-state index contributed by atoms with van der Waals surface area (Å²) in [5, 5.41) is 0. The number of H-pyrrole nitrogens is 1. The van der Waals surface area contributed by atoms with Crippen molar-refractivity contribution in [2.45, 2.75) is 0 Å². The monoisotopic (exact) mass is 300 g/mol. The Morgan fingerprint density at radius 3 is 1.61 bits per heavy atom. The lowest BCUT2D eigenvalue weighted by Gasteiger charge is -1.97. The zero-order chi connectivity index (χ0) is 15.7. The lowest BCUT2D eigenvalue weighted by molar-refractivity contribution is 1.31. The van der Waals surface area contributed by atoms with E-state index in [1.807, 2.05) is 60.8 Å². The van der Waals surface area contributed by atoms with Crippen molar-refractivity contribution in [3.05, 3.63) is 91.8 Å². The standard InChI is InChI=1S/C10H8N2.C9H8N2/c1-5-11-6-2-9(1)10-3-7-12-8-4-10;1-2-4-8(5-3-1)9-10-6-7-11-9/h1-8H;1-7H,(H,10,11). The largest absolute Gasteiger partial charge is 0.345 e. The van der Waals surface area contributed by atoms with E-state index in [-0.39, 0.29) is 0 Å². The third-order valence-corrected chi connectivity index (χ3v) is 3.24. The Labute approximate surface area is 134 Å². The minimum Gasteiger partial charge on any atom is -0.345 e. The van der Waals surface area contributed by atoms with E-state index in [0.717, 1.165) is 11.4 Å². The van der Waals surface area contributed by atoms with Crippen molar-refractivity contribution in [2.75, 3.05) is 0 Å². The number of nitrogens with zero attached hydrogens (tertiary/aromatic N) is 3. The second-order valence-electron chi connectivity index (χ2n) is 4.78. The van der Waals surface area contributed by atoms with Crippen molar-refractivity contribution in [3.8, 4) is 22.5 Å². The zero-order valence-corrected chi connectivity index (χ0v) is 12.5. The fourth-order valence-corrected chi connectivity index (χ4v) is 2.11. The highest BCUT2D eigenvalue weighted by molar-refractivity contribution is 5.61. The summed E-state index contributed by atoms with van der Waals surface area (Å²) in [5.74, 6) is 0.922. The first kappa shape index (κ1) is 14.7. The van der Waals surface area contributed by atoms with E-state index in [4.69, 9.17) is 0 Å². The molecule has 0 saturated carbocycles. The molecule has 0 spiro atoms. The number of aromatic nitrogens is 4. The fourth-order valence-electron chi connectivity index (χ4n) is 2.11. The molecule has 0 aliphatic carbocycles. The average Bonchev–Trinajstić information content (AvgIpc) is 3.19. The molecule has 0 aliphatic heterocycles. The highest BCUT2D eigenvalue weighted by Gasteiger charge is 1.95. The second-order valence-corrected chi connectivity index (χ2v) is 4.78. The summed E-state index contributed by atoms with van der Waals surface area (Å²) in [4.78, 5) is 15.1. The van der Waals surface area contributed by atoms with Crippen LogP contribution in [0.3, 0.4) is 0 Å². The number of nitrogens with one attached hydrogen (secondary N) is 1. The molecule has 3 heterocycles. The molecular formula is C19H16N4. The lowest BCUT2D eigenvalue weighted by Crippen LogP contribution is -1.77. The van der Waals surface area contributed by atoms with E-state index in [9.17, 15) is 0 Å². The van der Waals surface area contributed by atoms with Gasteiger partial charge in [0.05, 0.1) is 0 Å². The van der Waals surface area contributed by atoms with E-state index in [1.54, 1.807) is 31.0 Å². The van der Waals surface area contributed by atoms with Gasteiger partial charge in [0.25, 0.3) is 0 Å². The molecule has 0 radical (unpaired) electrons. The van der Waals surface area contributed by atoms with Gasteiger partial charge in [-0.25, -0.2) is 4.98 Å². The van der Waals surface area contributed by atoms with Crippen LogP contribution in [0.2, 0.25) is 0 Å². The fraction of sp³-hybridized carbons (Fsp3) is 0. The van der Waals surface area contributed by atoms with Crippen LogP contribution in [0.5, 0.6) is 0 Å². The Morgan fingerprint density at radius 1 is 0.565 bits per heavy atom. The van der Waals surface area contributed by atoms with Gasteiger partial charge in [-0.2, -0.15) is 0 Å². The van der Waals surface area contributed by atoms with Gasteiger partial charge in [-0.05, 0) is 35.4 Å². The highest BCUT2D eigenvalue weighted by atomic mass is 14.9. The number of hydrogen-bond donors (Lipinski definition) is 1. The van der Waals surface area contributed by atoms with E-state index < -0.39 is 0 Å². The van der Waals surface area contributed by atoms with Crippen molar-refractivity contribution in [3.63, 3.8) is 0 Å². The number of rotatable bonds is 2. The van der Waals surface area contributed by atoms with Crippen LogP contribution in [-0.4, -0.2) is 19.9 Å². The quantitative estimate of drug-likeness (QED) is 0.603. The Bertz CT molecular complexity index is 760. The topological polar surface area (TPSA) is 54.5 Å². The summed E-state index contributed by atoms with van der Waals surface area (Å²) < 4.78 is 0. The normalized spacial score (nSPS) is 9.74. The predicted molar refractivity (Wildman–Crippen MR) is 91.5 cm³/mol. The Kier molecular flexibility index (Phi) is 4.88. The molecule has 112 valence electrons. The molecule has 1 N–H and O–H groups in total. The van der Waals surface area contributed by atoms with Gasteiger partial charge in [-0.1, -0.05) is 30.3 Å². The molecule has 4 nitrogen and oxygen atoms in total. The Balaban J connectivity index is 0.000000136. The third-order valence-electron chi connectivity index (χ3n) is 3.24. The molecular weight excluding hydrogens is 284 g/mol. The van der Waals surface area contributed by atoms with Gasteiger partial charge in [0.15, 0.2) is 0 Å². The van der Waals surface area contributed by atoms with Crippen molar-refractivity contribution in [1.82, 2.24) is 19.9 Å². The van der Waals surface area contributed by atoms with Gasteiger partial charge in [-0.3, -0.25) is 9.97 Å². The van der Waals surface area contributed by atoms with Crippen LogP contribution in [0.1, 0.15) is 0 Å². The van der Waals surface area contributed by atoms with Gasteiger partial charge in [0.1, 0.15) is 5.82 Å². The van der Waals surface area contributed by atoms with Crippen LogP contribution in [-0.2, 0) is 0 Å². The molecule has 1 aromatic carbocycles. The van der Waals surface area contributed by atoms with E-state index in [2.05, 4.69) is 19.9 Å². The molecule has 0 atom stereocenters. The average molecular weight is 300 g/mol. The van der Waals surface area contributed by atoms with Crippen molar-refractivity contribution < 1.29 is 0 Å². The molecule has 0 saturated heterocycles. The summed E-state index contributed by atoms with van der Waals surface area (Å²) in [5.41, 5.74) is 3.47. The van der Waals surface area contributed by atoms with E-state index >= 15 is 0 Å². The molecule has 4 rings (SSSR count). The van der Waals surface area contributed by atoms with Crippen LogP contribution >= 0.6 is 0 Å². The van der Waals surface area contributed by atoms with Crippen molar-refractivity contribution >= 4 is 0 Å². The van der Waals surface area contributed by atoms with Crippen LogP contribution in [0, 0.1) is 0 Å². The van der Waals surface area contributed by atoms with Gasteiger partial charge >= 0.3 is 0 Å². The maximum absolute atomic E-state index is 4.13. The molecule has 0 unspecified atom stereocenters. The maximum Gasteiger partial charge on any atom is 0.137 e. The first-order valence-electron chi connectivity index (χ1n) is 7.29. The minimum atomic E-state index is 0.922. The zero-order valence-electron chi connectivity index (χ0n) is 12.5. The van der Waals surface area contributed by atoms with Crippen molar-refractivity contribution in [1.29, 1.82) is 0 Å². The summed E-state index contributed by atoms with van der Waals surface area (Å²) >= 11 is 0. The first-order chi connectivity index (χ1) is 11.4. The van der Waals surface area contributed by atoms with E-state index in [0.29, 0.717) is 0 Å². The minimum absolute atomic E-state index is 0.922. The number of benzene rings is 1. The third kappa shape index (κ3) is 4.11. The smallest absolute Gasteiger partial charge is 0.137 e. The summed E-state index contributed by atoms with van der Waals surface area (Å²) in [6, 6.07) is 18.0. The van der Waals surface area contributed by atoms with Gasteiger partial charge in [-0.15, -0.1) is 0 Å². The molecule has 4 aromatic rings. The molecule has 0 amide bonds.